The molecule has 0 aliphatic carbocycles. The standard InChI is InChI=1S/C19H28F3N3O/c20-19(21,22)18-4-2-1-3-16(18)15-24-7-5-17(6-8-24)25-11-9-23(10-12-25)13-14-26/h1-4,17,26H,5-15H2/p+3. The zero-order chi connectivity index (χ0) is 18.6. The average molecular weight is 374 g/mol. The first kappa shape index (κ1) is 19.6. The normalized spacial score (nSPS) is 30.3. The largest absolute Gasteiger partial charge is 0.416 e. The Morgan fingerprint density at radius 3 is 2.19 bits per heavy atom. The van der Waals surface area contributed by atoms with Gasteiger partial charge in [0, 0.05) is 18.4 Å². The molecule has 4 nitrogen and oxygen atoms in total. The zero-order valence-corrected chi connectivity index (χ0v) is 15.2. The molecular formula is C19H31F3N3O+3. The van der Waals surface area contributed by atoms with Crippen molar-refractivity contribution in [1.29, 1.82) is 0 Å². The maximum absolute atomic E-state index is 13.2. The molecule has 26 heavy (non-hydrogen) atoms. The van der Waals surface area contributed by atoms with E-state index < -0.39 is 11.7 Å². The van der Waals surface area contributed by atoms with Crippen LogP contribution in [-0.4, -0.2) is 63.6 Å². The highest BCUT2D eigenvalue weighted by Gasteiger charge is 2.36. The SMILES string of the molecule is OCC[NH+]1CC[NH+](C2CC[NH+](Cc3ccccc3C(F)(F)F)CC2)CC1. The van der Waals surface area contributed by atoms with Crippen molar-refractivity contribution in [3.05, 3.63) is 35.4 Å². The van der Waals surface area contributed by atoms with Gasteiger partial charge in [-0.3, -0.25) is 0 Å². The summed E-state index contributed by atoms with van der Waals surface area (Å²) in [7, 11) is 0. The highest BCUT2D eigenvalue weighted by Crippen LogP contribution is 2.31. The van der Waals surface area contributed by atoms with Crippen LogP contribution in [0.2, 0.25) is 0 Å². The Balaban J connectivity index is 1.49. The minimum Gasteiger partial charge on any atom is -0.391 e. The summed E-state index contributed by atoms with van der Waals surface area (Å²) >= 11 is 0. The fraction of sp³-hybridized carbons (Fsp3) is 0.684. The molecule has 3 rings (SSSR count). The Hall–Kier alpha value is -1.15. The molecule has 1 aromatic carbocycles. The van der Waals surface area contributed by atoms with Crippen LogP contribution in [0.5, 0.6) is 0 Å². The van der Waals surface area contributed by atoms with Crippen LogP contribution in [0.3, 0.4) is 0 Å². The van der Waals surface area contributed by atoms with E-state index in [1.807, 2.05) is 0 Å². The molecule has 0 spiro atoms. The average Bonchev–Trinajstić information content (AvgIpc) is 2.63. The molecule has 1 aromatic rings. The van der Waals surface area contributed by atoms with Gasteiger partial charge in [-0.05, 0) is 6.07 Å². The van der Waals surface area contributed by atoms with Crippen LogP contribution in [0.4, 0.5) is 13.2 Å². The number of halogens is 3. The van der Waals surface area contributed by atoms with E-state index in [0.717, 1.165) is 58.7 Å². The number of benzene rings is 1. The molecule has 0 bridgehead atoms. The lowest BCUT2D eigenvalue weighted by Crippen LogP contribution is -3.30. The lowest BCUT2D eigenvalue weighted by molar-refractivity contribution is -1.03. The molecule has 0 amide bonds. The van der Waals surface area contributed by atoms with E-state index in [1.54, 1.807) is 17.0 Å². The lowest BCUT2D eigenvalue weighted by atomic mass is 10.0. The van der Waals surface area contributed by atoms with Gasteiger partial charge in [0.25, 0.3) is 0 Å². The predicted molar refractivity (Wildman–Crippen MR) is 92.2 cm³/mol. The topological polar surface area (TPSA) is 33.6 Å². The molecule has 7 heteroatoms. The quantitative estimate of drug-likeness (QED) is 0.474. The summed E-state index contributed by atoms with van der Waals surface area (Å²) in [4.78, 5) is 4.41. The molecule has 4 N–H and O–H groups in total. The summed E-state index contributed by atoms with van der Waals surface area (Å²) in [5.41, 5.74) is -0.0646. The molecule has 2 fully saturated rings. The van der Waals surface area contributed by atoms with Gasteiger partial charge in [-0.25, -0.2) is 0 Å². The van der Waals surface area contributed by atoms with Gasteiger partial charge in [-0.1, -0.05) is 18.2 Å². The lowest BCUT2D eigenvalue weighted by Gasteiger charge is -2.37. The minimum atomic E-state index is -4.27. The summed E-state index contributed by atoms with van der Waals surface area (Å²) in [6, 6.07) is 6.63. The Morgan fingerprint density at radius 1 is 0.923 bits per heavy atom. The van der Waals surface area contributed by atoms with Gasteiger partial charge in [0.2, 0.25) is 0 Å². The van der Waals surface area contributed by atoms with Crippen LogP contribution in [0.1, 0.15) is 24.0 Å². The number of alkyl halides is 3. The van der Waals surface area contributed by atoms with E-state index in [4.69, 9.17) is 5.11 Å². The van der Waals surface area contributed by atoms with Crippen molar-refractivity contribution in [3.8, 4) is 0 Å². The van der Waals surface area contributed by atoms with Crippen LogP contribution in [-0.2, 0) is 12.7 Å². The fourth-order valence-corrected chi connectivity index (χ4v) is 4.57. The maximum atomic E-state index is 13.2. The molecule has 2 heterocycles. The minimum absolute atomic E-state index is 0.256. The van der Waals surface area contributed by atoms with Crippen LogP contribution >= 0.6 is 0 Å². The van der Waals surface area contributed by atoms with Gasteiger partial charge >= 0.3 is 6.18 Å². The number of aliphatic hydroxyl groups excluding tert-OH is 1. The van der Waals surface area contributed by atoms with E-state index >= 15 is 0 Å². The van der Waals surface area contributed by atoms with Gasteiger partial charge in [-0.2, -0.15) is 13.2 Å². The highest BCUT2D eigenvalue weighted by molar-refractivity contribution is 5.28. The van der Waals surface area contributed by atoms with Crippen molar-refractivity contribution in [1.82, 2.24) is 0 Å². The summed E-state index contributed by atoms with van der Waals surface area (Å²) in [5.74, 6) is 0. The van der Waals surface area contributed by atoms with E-state index in [-0.39, 0.29) is 6.61 Å². The Morgan fingerprint density at radius 2 is 1.58 bits per heavy atom. The smallest absolute Gasteiger partial charge is 0.391 e. The molecule has 2 saturated heterocycles. The van der Waals surface area contributed by atoms with Crippen molar-refractivity contribution in [2.75, 3.05) is 52.4 Å². The number of likely N-dealkylation sites (tertiary alicyclic amines) is 1. The Labute approximate surface area is 153 Å². The van der Waals surface area contributed by atoms with Crippen molar-refractivity contribution >= 4 is 0 Å². The first-order chi connectivity index (χ1) is 12.5. The number of nitrogens with one attached hydrogen (secondary N) is 3. The van der Waals surface area contributed by atoms with E-state index in [0.29, 0.717) is 18.2 Å². The molecule has 0 unspecified atom stereocenters. The second kappa shape index (κ2) is 8.69. The molecule has 146 valence electrons. The summed E-state index contributed by atoms with van der Waals surface area (Å²) < 4.78 is 39.5. The number of quaternary nitrogens is 3. The summed E-state index contributed by atoms with van der Waals surface area (Å²) in [6.45, 7) is 7.98. The molecule has 2 aliphatic rings. The Kier molecular flexibility index (Phi) is 6.55. The molecule has 0 aromatic heterocycles. The van der Waals surface area contributed by atoms with Gasteiger partial charge < -0.3 is 19.8 Å². The third-order valence-corrected chi connectivity index (χ3v) is 6.10. The van der Waals surface area contributed by atoms with E-state index in [1.165, 1.54) is 21.9 Å². The molecular weight excluding hydrogens is 343 g/mol. The number of hydrogen-bond donors (Lipinski definition) is 4. The monoisotopic (exact) mass is 374 g/mol. The van der Waals surface area contributed by atoms with Crippen molar-refractivity contribution < 1.29 is 33.0 Å². The maximum Gasteiger partial charge on any atom is 0.416 e. The van der Waals surface area contributed by atoms with Gasteiger partial charge in [-0.15, -0.1) is 0 Å². The zero-order valence-electron chi connectivity index (χ0n) is 15.2. The third kappa shape index (κ3) is 4.97. The number of aliphatic hydroxyl groups is 1. The number of rotatable bonds is 5. The second-order valence-corrected chi connectivity index (χ2v) is 7.74. The third-order valence-electron chi connectivity index (χ3n) is 6.10. The predicted octanol–water partition coefficient (Wildman–Crippen LogP) is -1.97. The first-order valence-corrected chi connectivity index (χ1v) is 9.75. The van der Waals surface area contributed by atoms with E-state index in [2.05, 4.69) is 0 Å². The van der Waals surface area contributed by atoms with Gasteiger partial charge in [0.15, 0.2) is 0 Å². The molecule has 0 saturated carbocycles. The van der Waals surface area contributed by atoms with Crippen molar-refractivity contribution in [2.45, 2.75) is 31.6 Å². The first-order valence-electron chi connectivity index (χ1n) is 9.75. The van der Waals surface area contributed by atoms with Crippen LogP contribution in [0.25, 0.3) is 0 Å². The number of piperidine rings is 1. The Bertz CT molecular complexity index is 565. The van der Waals surface area contributed by atoms with Crippen LogP contribution in [0, 0.1) is 0 Å². The molecule has 0 radical (unpaired) electrons. The number of piperazine rings is 1. The molecule has 0 atom stereocenters. The van der Waals surface area contributed by atoms with Crippen LogP contribution < -0.4 is 14.7 Å². The number of hydrogen-bond acceptors (Lipinski definition) is 1. The van der Waals surface area contributed by atoms with E-state index in [9.17, 15) is 13.2 Å². The van der Waals surface area contributed by atoms with Crippen LogP contribution in [0.15, 0.2) is 24.3 Å². The van der Waals surface area contributed by atoms with Gasteiger partial charge in [0.05, 0.1) is 31.3 Å². The summed E-state index contributed by atoms with van der Waals surface area (Å²) in [6.07, 6.45) is -2.09. The fourth-order valence-electron chi connectivity index (χ4n) is 4.57. The van der Waals surface area contributed by atoms with Crippen molar-refractivity contribution in [3.63, 3.8) is 0 Å². The van der Waals surface area contributed by atoms with Crippen molar-refractivity contribution in [2.24, 2.45) is 0 Å². The summed E-state index contributed by atoms with van der Waals surface area (Å²) in [5, 5.41) is 9.05. The molecule has 2 aliphatic heterocycles. The highest BCUT2D eigenvalue weighted by atomic mass is 19.4. The second-order valence-electron chi connectivity index (χ2n) is 7.74. The van der Waals surface area contributed by atoms with Gasteiger partial charge in [0.1, 0.15) is 39.3 Å².